The lowest BCUT2D eigenvalue weighted by Crippen LogP contribution is -2.25. The van der Waals surface area contributed by atoms with Gasteiger partial charge in [-0.25, -0.2) is 0 Å². The van der Waals surface area contributed by atoms with Crippen molar-refractivity contribution in [3.63, 3.8) is 0 Å². The summed E-state index contributed by atoms with van der Waals surface area (Å²) in [5.41, 5.74) is 1.26. The Morgan fingerprint density at radius 1 is 1.29 bits per heavy atom. The molecule has 5 heteroatoms. The second-order valence-corrected chi connectivity index (χ2v) is 6.26. The van der Waals surface area contributed by atoms with Crippen LogP contribution in [0.3, 0.4) is 0 Å². The lowest BCUT2D eigenvalue weighted by Gasteiger charge is -2.13. The van der Waals surface area contributed by atoms with E-state index in [9.17, 15) is 14.7 Å². The summed E-state index contributed by atoms with van der Waals surface area (Å²) in [5, 5.41) is 10.6. The predicted octanol–water partition coefficient (Wildman–Crippen LogP) is 3.75. The summed E-state index contributed by atoms with van der Waals surface area (Å²) in [5.74, 6) is -1.75. The van der Waals surface area contributed by atoms with Crippen LogP contribution in [-0.2, 0) is 4.79 Å². The van der Waals surface area contributed by atoms with E-state index in [-0.39, 0.29) is 11.7 Å². The Hall–Kier alpha value is -1.81. The fourth-order valence-corrected chi connectivity index (χ4v) is 3.60. The van der Waals surface area contributed by atoms with Crippen LogP contribution < -0.4 is 0 Å². The number of carboxylic acid groups (broad SMARTS) is 1. The van der Waals surface area contributed by atoms with Gasteiger partial charge >= 0.3 is 5.97 Å². The maximum absolute atomic E-state index is 12.8. The Bertz CT molecular complexity index is 721. The Balaban J connectivity index is 2.01. The number of fused-ring (bicyclic) bond motifs is 1. The number of nitrogens with one attached hydrogen (secondary N) is 1. The number of hydrogen-bond acceptors (Lipinski definition) is 2. The molecule has 110 valence electrons. The van der Waals surface area contributed by atoms with Gasteiger partial charge in [-0.05, 0) is 24.8 Å². The van der Waals surface area contributed by atoms with Gasteiger partial charge in [-0.2, -0.15) is 0 Å². The van der Waals surface area contributed by atoms with Gasteiger partial charge in [0.15, 0.2) is 5.78 Å². The first kappa shape index (κ1) is 14.1. The van der Waals surface area contributed by atoms with E-state index >= 15 is 0 Å². The van der Waals surface area contributed by atoms with Crippen molar-refractivity contribution >= 4 is 34.3 Å². The van der Waals surface area contributed by atoms with Gasteiger partial charge in [-0.15, -0.1) is 0 Å². The summed E-state index contributed by atoms with van der Waals surface area (Å²) < 4.78 is 0. The van der Waals surface area contributed by atoms with Crippen molar-refractivity contribution in [2.75, 3.05) is 0 Å². The lowest BCUT2D eigenvalue weighted by atomic mass is 9.88. The molecule has 1 aromatic carbocycles. The lowest BCUT2D eigenvalue weighted by molar-refractivity contribution is -0.142. The predicted molar refractivity (Wildman–Crippen MR) is 80.7 cm³/mol. The quantitative estimate of drug-likeness (QED) is 0.848. The van der Waals surface area contributed by atoms with E-state index < -0.39 is 17.8 Å². The number of benzene rings is 1. The highest BCUT2D eigenvalue weighted by Crippen LogP contribution is 2.39. The smallest absolute Gasteiger partial charge is 0.307 e. The molecule has 2 N–H and O–H groups in total. The molecule has 2 aromatic rings. The van der Waals surface area contributed by atoms with Gasteiger partial charge in [0, 0.05) is 23.1 Å². The van der Waals surface area contributed by atoms with Gasteiger partial charge in [0.05, 0.1) is 16.5 Å². The average molecular weight is 306 g/mol. The number of para-hydroxylation sites is 1. The first-order valence-corrected chi connectivity index (χ1v) is 7.39. The summed E-state index contributed by atoms with van der Waals surface area (Å²) in [4.78, 5) is 27.2. The van der Waals surface area contributed by atoms with Gasteiger partial charge in [0.2, 0.25) is 0 Å². The van der Waals surface area contributed by atoms with Crippen molar-refractivity contribution in [3.05, 3.63) is 35.0 Å². The Morgan fingerprint density at radius 3 is 2.71 bits per heavy atom. The number of carboxylic acids is 1. The first-order valence-electron chi connectivity index (χ1n) is 7.01. The normalized spacial score (nSPS) is 25.3. The first-order chi connectivity index (χ1) is 9.99. The maximum atomic E-state index is 12.8. The molecule has 3 rings (SSSR count). The van der Waals surface area contributed by atoms with E-state index in [1.807, 2.05) is 13.0 Å². The molecular formula is C16H16ClNO3. The third-order valence-electron chi connectivity index (χ3n) is 4.38. The summed E-state index contributed by atoms with van der Waals surface area (Å²) in [6.07, 6.45) is 2.83. The van der Waals surface area contributed by atoms with E-state index in [0.717, 1.165) is 10.9 Å². The van der Waals surface area contributed by atoms with Crippen LogP contribution in [0.4, 0.5) is 0 Å². The van der Waals surface area contributed by atoms with Gasteiger partial charge in [-0.1, -0.05) is 30.7 Å². The Morgan fingerprint density at radius 2 is 2.00 bits per heavy atom. The number of ketones is 1. The zero-order valence-electron chi connectivity index (χ0n) is 11.6. The molecular weight excluding hydrogens is 290 g/mol. The van der Waals surface area contributed by atoms with Crippen LogP contribution in [0.25, 0.3) is 10.9 Å². The van der Waals surface area contributed by atoms with Crippen LogP contribution in [0.15, 0.2) is 24.4 Å². The van der Waals surface area contributed by atoms with Crippen LogP contribution in [0.5, 0.6) is 0 Å². The van der Waals surface area contributed by atoms with Crippen LogP contribution in [0.2, 0.25) is 5.02 Å². The zero-order valence-corrected chi connectivity index (χ0v) is 12.4. The minimum Gasteiger partial charge on any atom is -0.481 e. The monoisotopic (exact) mass is 305 g/mol. The number of aromatic amines is 1. The van der Waals surface area contributed by atoms with Crippen molar-refractivity contribution < 1.29 is 14.7 Å². The van der Waals surface area contributed by atoms with Crippen LogP contribution in [0, 0.1) is 17.8 Å². The van der Waals surface area contributed by atoms with Crippen LogP contribution in [-0.4, -0.2) is 21.8 Å². The number of carbonyl (C=O) groups excluding carboxylic acids is 1. The third kappa shape index (κ3) is 2.33. The van der Waals surface area contributed by atoms with Crippen molar-refractivity contribution in [1.29, 1.82) is 0 Å². The molecule has 1 aliphatic rings. The average Bonchev–Trinajstić information content (AvgIpc) is 3.02. The van der Waals surface area contributed by atoms with Crippen molar-refractivity contribution in [2.45, 2.75) is 19.8 Å². The summed E-state index contributed by atoms with van der Waals surface area (Å²) in [6, 6.07) is 5.38. The highest BCUT2D eigenvalue weighted by molar-refractivity contribution is 6.35. The number of aromatic nitrogens is 1. The molecule has 3 unspecified atom stereocenters. The van der Waals surface area contributed by atoms with Crippen LogP contribution >= 0.6 is 11.6 Å². The van der Waals surface area contributed by atoms with Crippen LogP contribution in [0.1, 0.15) is 30.1 Å². The molecule has 0 radical (unpaired) electrons. The molecule has 0 spiro atoms. The molecule has 1 aromatic heterocycles. The van der Waals surface area contributed by atoms with Crippen molar-refractivity contribution in [1.82, 2.24) is 4.98 Å². The fourth-order valence-electron chi connectivity index (χ4n) is 3.38. The third-order valence-corrected chi connectivity index (χ3v) is 4.70. The van der Waals surface area contributed by atoms with E-state index in [2.05, 4.69) is 4.98 Å². The number of Topliss-reactive ketones (excluding diaryl/α,β-unsaturated/α-hetero) is 1. The molecule has 1 aliphatic carbocycles. The number of H-pyrrole nitrogens is 1. The Kier molecular flexibility index (Phi) is 3.49. The largest absolute Gasteiger partial charge is 0.481 e. The topological polar surface area (TPSA) is 70.2 Å². The summed E-state index contributed by atoms with van der Waals surface area (Å²) in [7, 11) is 0. The summed E-state index contributed by atoms with van der Waals surface area (Å²) >= 11 is 6.10. The minimum atomic E-state index is -0.879. The van der Waals surface area contributed by atoms with E-state index in [0.29, 0.717) is 23.4 Å². The Labute approximate surface area is 127 Å². The maximum Gasteiger partial charge on any atom is 0.307 e. The molecule has 0 amide bonds. The minimum absolute atomic E-state index is 0.0970. The van der Waals surface area contributed by atoms with Gasteiger partial charge in [0.1, 0.15) is 0 Å². The molecule has 1 heterocycles. The van der Waals surface area contributed by atoms with Gasteiger partial charge in [-0.3, -0.25) is 9.59 Å². The molecule has 4 nitrogen and oxygen atoms in total. The molecule has 21 heavy (non-hydrogen) atoms. The zero-order chi connectivity index (χ0) is 15.1. The SMILES string of the molecule is CC1CC(C(=O)O)C(C(=O)c2c[nH]c3c(Cl)cccc23)C1. The molecule has 0 bridgehead atoms. The number of aliphatic carboxylic acids is 1. The number of halogens is 1. The van der Waals surface area contributed by atoms with Gasteiger partial charge in [0.25, 0.3) is 0 Å². The van der Waals surface area contributed by atoms with Gasteiger partial charge < -0.3 is 10.1 Å². The fraction of sp³-hybridized carbons (Fsp3) is 0.375. The molecule has 3 atom stereocenters. The molecule has 1 saturated carbocycles. The van der Waals surface area contributed by atoms with E-state index in [1.165, 1.54) is 0 Å². The standard InChI is InChI=1S/C16H16ClNO3/c1-8-5-10(11(6-8)16(20)21)15(19)12-7-18-14-9(12)3-2-4-13(14)17/h2-4,7-8,10-11,18H,5-6H2,1H3,(H,20,21). The molecule has 0 aliphatic heterocycles. The molecule has 0 saturated heterocycles. The van der Waals surface area contributed by atoms with Crippen molar-refractivity contribution in [3.8, 4) is 0 Å². The number of hydrogen-bond donors (Lipinski definition) is 2. The highest BCUT2D eigenvalue weighted by atomic mass is 35.5. The second kappa shape index (κ2) is 5.19. The van der Waals surface area contributed by atoms with E-state index in [4.69, 9.17) is 11.6 Å². The highest BCUT2D eigenvalue weighted by Gasteiger charge is 2.41. The second-order valence-electron chi connectivity index (χ2n) is 5.86. The molecule has 1 fully saturated rings. The van der Waals surface area contributed by atoms with Crippen molar-refractivity contribution in [2.24, 2.45) is 17.8 Å². The van der Waals surface area contributed by atoms with E-state index in [1.54, 1.807) is 18.3 Å². The number of rotatable bonds is 3. The summed E-state index contributed by atoms with van der Waals surface area (Å²) in [6.45, 7) is 2.00. The number of carbonyl (C=O) groups is 2.